The van der Waals surface area contributed by atoms with Crippen LogP contribution in [0.5, 0.6) is 0 Å². The smallest absolute Gasteiger partial charge is 0.412 e. The SMILES string of the molecule is CC[C@](C)(OC(=O)[C@@H](C)ON=C1c2cc([N+](=O)[O-])cc([N+](=O)[O-])c2-c2c1cc([N+](=O)[O-])cc2[N+](=O)[O-])c1cc2n(c(=O)c1COC=O)Cc1cc3cc([B]OC=O)ccc3nc1-2. The molecule has 1 radical (unpaired) electrons. The maximum atomic E-state index is 14.2. The van der Waals surface area contributed by atoms with Gasteiger partial charge in [0.15, 0.2) is 0 Å². The number of carbonyl (C=O) groups is 3. The maximum absolute atomic E-state index is 14.2. The number of nitro groups is 4. The highest BCUT2D eigenvalue weighted by Gasteiger charge is 2.43. The van der Waals surface area contributed by atoms with E-state index in [4.69, 9.17) is 23.9 Å². The summed E-state index contributed by atoms with van der Waals surface area (Å²) in [7, 11) is 1.26. The Labute approximate surface area is 346 Å². The van der Waals surface area contributed by atoms with Gasteiger partial charge in [-0.2, -0.15) is 0 Å². The standard InChI is InChI=1S/C38H27BN7O16/c1-4-38(3,27-13-31-34-20(14-42(31)36(49)26(27)15-59-16-47)7-19-8-21(39-60-17-48)5-6-28(19)40-34)61-37(50)18(2)62-41-35-24-9-22(43(51)52)11-29(45(55)56)32(24)33-25(35)10-23(44(53)54)12-30(33)46(57)58/h5-13,16-18H,4,14-15H2,1-3H3/t18-,38+/m1/s1. The van der Waals surface area contributed by atoms with Gasteiger partial charge in [-0.1, -0.05) is 24.2 Å². The molecule has 0 N–H and O–H groups in total. The Kier molecular flexibility index (Phi) is 10.7. The second-order valence-corrected chi connectivity index (χ2v) is 14.0. The van der Waals surface area contributed by atoms with Gasteiger partial charge in [0.05, 0.1) is 72.0 Å². The van der Waals surface area contributed by atoms with Crippen LogP contribution in [0.15, 0.2) is 64.5 Å². The number of benzene rings is 3. The van der Waals surface area contributed by atoms with Crippen LogP contribution in [0.4, 0.5) is 22.7 Å². The molecule has 0 fully saturated rings. The maximum Gasteiger partial charge on any atom is 0.412 e. The molecule has 2 aliphatic rings. The summed E-state index contributed by atoms with van der Waals surface area (Å²) in [4.78, 5) is 104. The van der Waals surface area contributed by atoms with Gasteiger partial charge in [-0.25, -0.2) is 9.78 Å². The lowest BCUT2D eigenvalue weighted by molar-refractivity contribution is -0.395. The summed E-state index contributed by atoms with van der Waals surface area (Å²) in [6.07, 6.45) is -1.64. The number of carbonyl (C=O) groups excluding carboxylic acids is 3. The van der Waals surface area contributed by atoms with Crippen molar-refractivity contribution in [2.45, 2.75) is 52.0 Å². The first-order valence-corrected chi connectivity index (χ1v) is 18.1. The number of fused-ring (bicyclic) bond motifs is 7. The van der Waals surface area contributed by atoms with Crippen LogP contribution in [0.2, 0.25) is 0 Å². The largest absolute Gasteiger partial charge is 0.535 e. The molecule has 24 heteroatoms. The minimum absolute atomic E-state index is 0.0263. The number of nitrogens with zero attached hydrogens (tertiary/aromatic N) is 7. The minimum Gasteiger partial charge on any atom is -0.535 e. The van der Waals surface area contributed by atoms with Crippen LogP contribution in [0, 0.1) is 40.5 Å². The topological polar surface area (TPSA) is 308 Å². The molecule has 0 unspecified atom stereocenters. The van der Waals surface area contributed by atoms with Gasteiger partial charge in [0.1, 0.15) is 17.9 Å². The molecular weight excluding hydrogens is 821 g/mol. The highest BCUT2D eigenvalue weighted by atomic mass is 16.7. The first kappa shape index (κ1) is 41.7. The zero-order valence-electron chi connectivity index (χ0n) is 32.3. The molecule has 0 saturated carbocycles. The van der Waals surface area contributed by atoms with Crippen molar-refractivity contribution in [1.82, 2.24) is 9.55 Å². The van der Waals surface area contributed by atoms with E-state index < -0.39 is 100 Å². The Morgan fingerprint density at radius 2 is 1.55 bits per heavy atom. The van der Waals surface area contributed by atoms with E-state index in [-0.39, 0.29) is 37.0 Å². The molecule has 23 nitrogen and oxygen atoms in total. The zero-order valence-corrected chi connectivity index (χ0v) is 32.3. The van der Waals surface area contributed by atoms with Crippen molar-refractivity contribution in [2.24, 2.45) is 5.16 Å². The number of hydrogen-bond acceptors (Lipinski definition) is 18. The molecule has 313 valence electrons. The third kappa shape index (κ3) is 7.17. The van der Waals surface area contributed by atoms with Gasteiger partial charge in [0, 0.05) is 39.8 Å². The van der Waals surface area contributed by atoms with Crippen LogP contribution >= 0.6 is 0 Å². The van der Waals surface area contributed by atoms with E-state index >= 15 is 0 Å². The van der Waals surface area contributed by atoms with Gasteiger partial charge >= 0.3 is 13.5 Å². The number of ether oxygens (including phenoxy) is 2. The highest BCUT2D eigenvalue weighted by Crippen LogP contribution is 2.50. The monoisotopic (exact) mass is 848 g/mol. The number of nitro benzene ring substituents is 4. The minimum atomic E-state index is -1.67. The van der Waals surface area contributed by atoms with E-state index in [1.165, 1.54) is 25.9 Å². The Morgan fingerprint density at radius 3 is 2.10 bits per heavy atom. The van der Waals surface area contributed by atoms with Crippen LogP contribution in [0.25, 0.3) is 33.4 Å². The Hall–Kier alpha value is -8.44. The summed E-state index contributed by atoms with van der Waals surface area (Å²) in [5.41, 5.74) is -5.44. The fraction of sp³-hybridized carbons (Fsp3) is 0.211. The van der Waals surface area contributed by atoms with Gasteiger partial charge in [-0.3, -0.25) is 54.8 Å². The number of oxime groups is 1. The molecule has 0 amide bonds. The van der Waals surface area contributed by atoms with E-state index in [0.717, 1.165) is 12.1 Å². The Balaban J connectivity index is 1.27. The van der Waals surface area contributed by atoms with Gasteiger partial charge in [0.25, 0.3) is 41.3 Å². The summed E-state index contributed by atoms with van der Waals surface area (Å²) < 4.78 is 17.2. The Bertz CT molecular complexity index is 2850. The van der Waals surface area contributed by atoms with E-state index in [1.807, 2.05) is 6.07 Å². The van der Waals surface area contributed by atoms with Crippen molar-refractivity contribution in [3.63, 3.8) is 0 Å². The molecule has 1 aliphatic heterocycles. The lowest BCUT2D eigenvalue weighted by Crippen LogP contribution is -2.37. The number of esters is 1. The lowest BCUT2D eigenvalue weighted by Gasteiger charge is -2.32. The lowest BCUT2D eigenvalue weighted by atomic mass is 9.87. The van der Waals surface area contributed by atoms with Crippen molar-refractivity contribution < 1.29 is 53.0 Å². The molecule has 62 heavy (non-hydrogen) atoms. The van der Waals surface area contributed by atoms with Crippen LogP contribution in [-0.4, -0.2) is 67.5 Å². The Morgan fingerprint density at radius 1 is 0.919 bits per heavy atom. The molecule has 1 aliphatic carbocycles. The van der Waals surface area contributed by atoms with E-state index in [1.54, 1.807) is 31.2 Å². The number of aromatic nitrogens is 2. The van der Waals surface area contributed by atoms with Crippen LogP contribution in [-0.2, 0) is 52.1 Å². The average Bonchev–Trinajstić information content (AvgIpc) is 3.77. The number of hydrogen-bond donors (Lipinski definition) is 0. The molecule has 3 aromatic carbocycles. The molecule has 3 heterocycles. The van der Waals surface area contributed by atoms with Crippen LogP contribution in [0.1, 0.15) is 55.0 Å². The summed E-state index contributed by atoms with van der Waals surface area (Å²) in [5.74, 6) is -1.11. The third-order valence-corrected chi connectivity index (χ3v) is 10.4. The van der Waals surface area contributed by atoms with Gasteiger partial charge < -0.3 is 23.5 Å². The van der Waals surface area contributed by atoms with Gasteiger partial charge in [-0.15, -0.1) is 0 Å². The molecule has 2 atom stereocenters. The summed E-state index contributed by atoms with van der Waals surface area (Å²) >= 11 is 0. The first-order chi connectivity index (χ1) is 29.5. The second kappa shape index (κ2) is 16.0. The van der Waals surface area contributed by atoms with Crippen LogP contribution < -0.4 is 11.0 Å². The summed E-state index contributed by atoms with van der Waals surface area (Å²) in [5, 5.41) is 52.6. The van der Waals surface area contributed by atoms with E-state index in [9.17, 15) is 59.6 Å². The fourth-order valence-electron chi connectivity index (χ4n) is 7.36. The molecule has 0 saturated heterocycles. The predicted octanol–water partition coefficient (Wildman–Crippen LogP) is 4.16. The number of non-ortho nitro benzene ring substituents is 2. The van der Waals surface area contributed by atoms with E-state index in [2.05, 4.69) is 5.16 Å². The molecule has 7 rings (SSSR count). The number of pyridine rings is 2. The first-order valence-electron chi connectivity index (χ1n) is 18.1. The van der Waals surface area contributed by atoms with Crippen molar-refractivity contribution in [3.8, 4) is 22.5 Å². The van der Waals surface area contributed by atoms with Crippen molar-refractivity contribution >= 4 is 71.2 Å². The van der Waals surface area contributed by atoms with E-state index in [0.29, 0.717) is 45.4 Å². The zero-order chi connectivity index (χ0) is 44.8. The van der Waals surface area contributed by atoms with Crippen molar-refractivity contribution in [3.05, 3.63) is 133 Å². The molecule has 0 spiro atoms. The van der Waals surface area contributed by atoms with Gasteiger partial charge in [0.2, 0.25) is 6.10 Å². The summed E-state index contributed by atoms with van der Waals surface area (Å²) in [6, 6.07) is 11.3. The fourth-order valence-corrected chi connectivity index (χ4v) is 7.36. The highest BCUT2D eigenvalue weighted by molar-refractivity contribution is 6.48. The van der Waals surface area contributed by atoms with Crippen molar-refractivity contribution in [1.29, 1.82) is 0 Å². The number of rotatable bonds is 16. The van der Waals surface area contributed by atoms with Crippen LogP contribution in [0.3, 0.4) is 0 Å². The quantitative estimate of drug-likeness (QED) is 0.0433. The predicted molar refractivity (Wildman–Crippen MR) is 212 cm³/mol. The molecule has 5 aromatic rings. The molecule has 0 bridgehead atoms. The summed E-state index contributed by atoms with van der Waals surface area (Å²) in [6.45, 7) is 4.30. The molecule has 2 aromatic heterocycles. The van der Waals surface area contributed by atoms with Gasteiger partial charge in [-0.05, 0) is 43.9 Å². The third-order valence-electron chi connectivity index (χ3n) is 10.4. The van der Waals surface area contributed by atoms with Crippen molar-refractivity contribution in [2.75, 3.05) is 0 Å². The normalized spacial score (nSPS) is 13.3. The molecular formula is C38H27BN7O16. The average molecular weight is 848 g/mol. The second-order valence-electron chi connectivity index (χ2n) is 14.0.